The van der Waals surface area contributed by atoms with E-state index in [1.807, 2.05) is 12.1 Å². The number of carbonyl (C=O) groups is 1. The van der Waals surface area contributed by atoms with Crippen LogP contribution in [0.4, 0.5) is 5.69 Å². The molecule has 0 saturated carbocycles. The SMILES string of the molecule is CC1CCCCN1Cc1ccc(NC(=O)C2(CN)CCOCC2)cc1.Cl.Cl. The summed E-state index contributed by atoms with van der Waals surface area (Å²) in [5.41, 5.74) is 7.57. The van der Waals surface area contributed by atoms with Crippen molar-refractivity contribution >= 4 is 36.4 Å². The number of hydrogen-bond donors (Lipinski definition) is 2. The molecule has 1 aromatic carbocycles. The van der Waals surface area contributed by atoms with Crippen molar-refractivity contribution in [3.63, 3.8) is 0 Å². The smallest absolute Gasteiger partial charge is 0.232 e. The van der Waals surface area contributed by atoms with Gasteiger partial charge >= 0.3 is 0 Å². The molecular weight excluding hydrogens is 385 g/mol. The van der Waals surface area contributed by atoms with E-state index in [1.165, 1.54) is 31.4 Å². The maximum Gasteiger partial charge on any atom is 0.232 e. The summed E-state index contributed by atoms with van der Waals surface area (Å²) in [5, 5.41) is 3.05. The molecule has 1 aromatic rings. The minimum atomic E-state index is -0.486. The lowest BCUT2D eigenvalue weighted by Gasteiger charge is -2.34. The Labute approximate surface area is 175 Å². The molecule has 154 valence electrons. The number of halogens is 2. The minimum Gasteiger partial charge on any atom is -0.381 e. The van der Waals surface area contributed by atoms with Crippen molar-refractivity contribution in [1.29, 1.82) is 0 Å². The van der Waals surface area contributed by atoms with Crippen LogP contribution in [0.3, 0.4) is 0 Å². The number of amides is 1. The van der Waals surface area contributed by atoms with Crippen molar-refractivity contribution in [3.8, 4) is 0 Å². The molecule has 0 aliphatic carbocycles. The van der Waals surface area contributed by atoms with Crippen molar-refractivity contribution in [2.45, 2.75) is 51.6 Å². The molecule has 0 radical (unpaired) electrons. The number of nitrogens with zero attached hydrogens (tertiary/aromatic N) is 1. The van der Waals surface area contributed by atoms with Crippen LogP contribution in [0.25, 0.3) is 0 Å². The average Bonchev–Trinajstić information content (AvgIpc) is 2.65. The summed E-state index contributed by atoms with van der Waals surface area (Å²) in [6.07, 6.45) is 5.32. The van der Waals surface area contributed by atoms with Crippen molar-refractivity contribution in [1.82, 2.24) is 4.90 Å². The molecule has 1 unspecified atom stereocenters. The van der Waals surface area contributed by atoms with Gasteiger partial charge in [-0.1, -0.05) is 18.6 Å². The standard InChI is InChI=1S/C20H31N3O2.2ClH/c1-16-4-2-3-11-23(16)14-17-5-7-18(8-6-17)22-19(24)20(15-21)9-12-25-13-10-20;;/h5-8,16H,2-4,9-15,21H2,1H3,(H,22,24);2*1H. The summed E-state index contributed by atoms with van der Waals surface area (Å²) in [4.78, 5) is 15.3. The zero-order valence-corrected chi connectivity index (χ0v) is 17.7. The van der Waals surface area contributed by atoms with Crippen LogP contribution in [0.1, 0.15) is 44.6 Å². The maximum atomic E-state index is 12.7. The summed E-state index contributed by atoms with van der Waals surface area (Å²) in [5.74, 6) is 0.0238. The first kappa shape index (κ1) is 24.2. The number of anilines is 1. The molecule has 3 N–H and O–H groups in total. The molecule has 2 aliphatic heterocycles. The van der Waals surface area contributed by atoms with Crippen LogP contribution in [-0.2, 0) is 16.1 Å². The van der Waals surface area contributed by atoms with E-state index in [0.29, 0.717) is 38.6 Å². The van der Waals surface area contributed by atoms with Crippen LogP contribution in [0, 0.1) is 5.41 Å². The summed E-state index contributed by atoms with van der Waals surface area (Å²) >= 11 is 0. The highest BCUT2D eigenvalue weighted by atomic mass is 35.5. The van der Waals surface area contributed by atoms with Gasteiger partial charge in [-0.15, -0.1) is 24.8 Å². The monoisotopic (exact) mass is 417 g/mol. The van der Waals surface area contributed by atoms with E-state index in [-0.39, 0.29) is 30.7 Å². The second-order valence-electron chi connectivity index (χ2n) is 7.56. The molecule has 0 aromatic heterocycles. The molecule has 27 heavy (non-hydrogen) atoms. The van der Waals surface area contributed by atoms with Crippen molar-refractivity contribution in [2.75, 3.05) is 31.6 Å². The lowest BCUT2D eigenvalue weighted by Crippen LogP contribution is -2.46. The first-order valence-corrected chi connectivity index (χ1v) is 9.55. The van der Waals surface area contributed by atoms with E-state index in [9.17, 15) is 4.79 Å². The quantitative estimate of drug-likeness (QED) is 0.767. The van der Waals surface area contributed by atoms with Gasteiger partial charge in [0.25, 0.3) is 0 Å². The molecule has 3 rings (SSSR count). The van der Waals surface area contributed by atoms with Crippen LogP contribution in [-0.4, -0.2) is 43.2 Å². The Balaban J connectivity index is 0.00000182. The van der Waals surface area contributed by atoms with E-state index < -0.39 is 5.41 Å². The fourth-order valence-electron chi connectivity index (χ4n) is 3.87. The number of ether oxygens (including phenoxy) is 1. The van der Waals surface area contributed by atoms with Gasteiger partial charge in [-0.05, 0) is 56.8 Å². The van der Waals surface area contributed by atoms with Gasteiger partial charge in [0.05, 0.1) is 5.41 Å². The van der Waals surface area contributed by atoms with Gasteiger partial charge in [-0.2, -0.15) is 0 Å². The summed E-state index contributed by atoms with van der Waals surface area (Å²) < 4.78 is 5.38. The first-order valence-electron chi connectivity index (χ1n) is 9.55. The lowest BCUT2D eigenvalue weighted by atomic mass is 9.79. The van der Waals surface area contributed by atoms with E-state index in [0.717, 1.165) is 12.2 Å². The molecule has 2 fully saturated rings. The second-order valence-corrected chi connectivity index (χ2v) is 7.56. The zero-order valence-electron chi connectivity index (χ0n) is 16.1. The normalized spacial score (nSPS) is 22.2. The summed E-state index contributed by atoms with van der Waals surface area (Å²) in [6.45, 7) is 6.07. The first-order chi connectivity index (χ1) is 12.1. The Morgan fingerprint density at radius 3 is 2.48 bits per heavy atom. The minimum absolute atomic E-state index is 0. The van der Waals surface area contributed by atoms with E-state index in [1.54, 1.807) is 0 Å². The van der Waals surface area contributed by atoms with Gasteiger partial charge in [-0.25, -0.2) is 0 Å². The number of hydrogen-bond acceptors (Lipinski definition) is 4. The predicted molar refractivity (Wildman–Crippen MR) is 115 cm³/mol. The van der Waals surface area contributed by atoms with Gasteiger partial charge < -0.3 is 15.8 Å². The third-order valence-electron chi connectivity index (χ3n) is 5.86. The van der Waals surface area contributed by atoms with Crippen molar-refractivity contribution in [3.05, 3.63) is 29.8 Å². The fraction of sp³-hybridized carbons (Fsp3) is 0.650. The van der Waals surface area contributed by atoms with Gasteiger partial charge in [0.1, 0.15) is 0 Å². The number of piperidine rings is 1. The number of benzene rings is 1. The largest absolute Gasteiger partial charge is 0.381 e. The maximum absolute atomic E-state index is 12.7. The van der Waals surface area contributed by atoms with E-state index in [4.69, 9.17) is 10.5 Å². The number of rotatable bonds is 5. The Hall–Kier alpha value is -0.850. The molecule has 2 heterocycles. The average molecular weight is 418 g/mol. The van der Waals surface area contributed by atoms with Gasteiger partial charge in [-0.3, -0.25) is 9.69 Å². The van der Waals surface area contributed by atoms with Gasteiger partial charge in [0, 0.05) is 38.0 Å². The number of carbonyl (C=O) groups excluding carboxylic acids is 1. The van der Waals surface area contributed by atoms with E-state index in [2.05, 4.69) is 29.3 Å². The fourth-order valence-corrected chi connectivity index (χ4v) is 3.87. The molecule has 0 bridgehead atoms. The molecule has 7 heteroatoms. The van der Waals surface area contributed by atoms with Crippen molar-refractivity contribution < 1.29 is 9.53 Å². The molecule has 1 atom stereocenters. The number of nitrogens with two attached hydrogens (primary N) is 1. The number of likely N-dealkylation sites (tertiary alicyclic amines) is 1. The molecule has 5 nitrogen and oxygen atoms in total. The third-order valence-corrected chi connectivity index (χ3v) is 5.86. The van der Waals surface area contributed by atoms with E-state index >= 15 is 0 Å². The Morgan fingerprint density at radius 1 is 1.22 bits per heavy atom. The molecule has 2 saturated heterocycles. The highest BCUT2D eigenvalue weighted by Gasteiger charge is 2.38. The van der Waals surface area contributed by atoms with Gasteiger partial charge in [0.2, 0.25) is 5.91 Å². The summed E-state index contributed by atoms with van der Waals surface area (Å²) in [6, 6.07) is 8.91. The van der Waals surface area contributed by atoms with Crippen LogP contribution in [0.2, 0.25) is 0 Å². The molecule has 0 spiro atoms. The van der Waals surface area contributed by atoms with Crippen LogP contribution >= 0.6 is 24.8 Å². The van der Waals surface area contributed by atoms with Crippen LogP contribution in [0.5, 0.6) is 0 Å². The molecule has 2 aliphatic rings. The highest BCUT2D eigenvalue weighted by molar-refractivity contribution is 5.95. The molecular formula is C20H33Cl2N3O2. The Kier molecular flexibility index (Phi) is 10.1. The van der Waals surface area contributed by atoms with Crippen LogP contribution in [0.15, 0.2) is 24.3 Å². The third kappa shape index (κ3) is 6.06. The zero-order chi connectivity index (χ0) is 17.7. The lowest BCUT2D eigenvalue weighted by molar-refractivity contribution is -0.130. The second kappa shape index (κ2) is 11.2. The molecule has 1 amide bonds. The topological polar surface area (TPSA) is 67.6 Å². The van der Waals surface area contributed by atoms with Crippen molar-refractivity contribution in [2.24, 2.45) is 11.1 Å². The van der Waals surface area contributed by atoms with Crippen LogP contribution < -0.4 is 11.1 Å². The Bertz CT molecular complexity index is 577. The predicted octanol–water partition coefficient (Wildman–Crippen LogP) is 3.60. The summed E-state index contributed by atoms with van der Waals surface area (Å²) in [7, 11) is 0. The number of nitrogens with one attached hydrogen (secondary N) is 1. The highest BCUT2D eigenvalue weighted by Crippen LogP contribution is 2.31. The Morgan fingerprint density at radius 2 is 1.89 bits per heavy atom. The van der Waals surface area contributed by atoms with Gasteiger partial charge in [0.15, 0.2) is 0 Å².